The number of likely N-dealkylation sites (N-methyl/N-ethyl adjacent to an activating group) is 1. The van der Waals surface area contributed by atoms with Crippen molar-refractivity contribution in [2.24, 2.45) is 0 Å². The molecular formula is C15H21N5O2. The minimum Gasteiger partial charge on any atom is -0.374 e. The second kappa shape index (κ2) is 6.85. The van der Waals surface area contributed by atoms with E-state index in [4.69, 9.17) is 9.26 Å². The molecular weight excluding hydrogens is 282 g/mol. The van der Waals surface area contributed by atoms with E-state index in [1.165, 1.54) is 0 Å². The molecule has 22 heavy (non-hydrogen) atoms. The lowest BCUT2D eigenvalue weighted by Gasteiger charge is -2.34. The van der Waals surface area contributed by atoms with E-state index in [1.807, 2.05) is 32.2 Å². The zero-order chi connectivity index (χ0) is 15.4. The number of hydrogen-bond donors (Lipinski definition) is 0. The number of aryl methyl sites for hydroxylation is 1. The Hall–Kier alpha value is -1.99. The first-order chi connectivity index (χ1) is 10.7. The Balaban J connectivity index is 1.54. The van der Waals surface area contributed by atoms with E-state index >= 15 is 0 Å². The van der Waals surface area contributed by atoms with Crippen molar-refractivity contribution >= 4 is 5.82 Å². The predicted octanol–water partition coefficient (Wildman–Crippen LogP) is 1.11. The first-order valence-corrected chi connectivity index (χ1v) is 7.45. The maximum atomic E-state index is 5.87. The first-order valence-electron chi connectivity index (χ1n) is 7.45. The molecule has 1 saturated heterocycles. The van der Waals surface area contributed by atoms with Crippen molar-refractivity contribution in [2.75, 3.05) is 38.2 Å². The summed E-state index contributed by atoms with van der Waals surface area (Å²) in [6.45, 7) is 6.01. The number of ether oxygens (including phenoxy) is 1. The molecule has 1 aliphatic rings. The Labute approximate surface area is 129 Å². The lowest BCUT2D eigenvalue weighted by Crippen LogP contribution is -2.46. The third kappa shape index (κ3) is 3.80. The first kappa shape index (κ1) is 14.9. The van der Waals surface area contributed by atoms with Gasteiger partial charge < -0.3 is 14.2 Å². The van der Waals surface area contributed by atoms with E-state index in [-0.39, 0.29) is 6.10 Å². The number of aromatic nitrogens is 3. The molecule has 0 bridgehead atoms. The summed E-state index contributed by atoms with van der Waals surface area (Å²) in [7, 11) is 2.01. The van der Waals surface area contributed by atoms with Gasteiger partial charge in [0.15, 0.2) is 5.82 Å². The smallest absolute Gasteiger partial charge is 0.151 e. The Bertz CT molecular complexity index is 589. The van der Waals surface area contributed by atoms with Crippen molar-refractivity contribution < 1.29 is 9.26 Å². The monoisotopic (exact) mass is 303 g/mol. The molecule has 1 atom stereocenters. The third-order valence-corrected chi connectivity index (χ3v) is 3.71. The number of morpholine rings is 1. The van der Waals surface area contributed by atoms with Crippen LogP contribution in [0.5, 0.6) is 0 Å². The van der Waals surface area contributed by atoms with Gasteiger partial charge in [-0.1, -0.05) is 5.16 Å². The standard InChI is InChI=1S/C15H21N5O2/c1-12-8-13(18-22-12)9-20-6-7-21-14(11-20)10-19(2)15-4-3-5-16-17-15/h3-5,8,14H,6-7,9-11H2,1-2H3. The maximum absolute atomic E-state index is 5.87. The van der Waals surface area contributed by atoms with Crippen molar-refractivity contribution in [3.63, 3.8) is 0 Å². The summed E-state index contributed by atoms with van der Waals surface area (Å²) in [5, 5.41) is 12.1. The highest BCUT2D eigenvalue weighted by molar-refractivity contribution is 5.35. The molecule has 1 aliphatic heterocycles. The molecule has 0 aliphatic carbocycles. The van der Waals surface area contributed by atoms with Gasteiger partial charge in [0.1, 0.15) is 5.76 Å². The molecule has 0 amide bonds. The SMILES string of the molecule is Cc1cc(CN2CCOC(CN(C)c3cccnn3)C2)no1. The van der Waals surface area contributed by atoms with Gasteiger partial charge in [0, 0.05) is 45.5 Å². The van der Waals surface area contributed by atoms with Crippen molar-refractivity contribution in [1.82, 2.24) is 20.3 Å². The Morgan fingerprint density at radius 1 is 1.45 bits per heavy atom. The molecule has 0 radical (unpaired) electrons. The maximum Gasteiger partial charge on any atom is 0.151 e. The van der Waals surface area contributed by atoms with E-state index in [2.05, 4.69) is 25.2 Å². The lowest BCUT2D eigenvalue weighted by atomic mass is 10.2. The average molecular weight is 303 g/mol. The van der Waals surface area contributed by atoms with Crippen LogP contribution in [-0.4, -0.2) is 59.6 Å². The number of anilines is 1. The van der Waals surface area contributed by atoms with Crippen LogP contribution in [0.2, 0.25) is 0 Å². The summed E-state index contributed by atoms with van der Waals surface area (Å²) >= 11 is 0. The van der Waals surface area contributed by atoms with Gasteiger partial charge in [-0.05, 0) is 19.1 Å². The van der Waals surface area contributed by atoms with Crippen LogP contribution in [0.4, 0.5) is 5.82 Å². The van der Waals surface area contributed by atoms with Gasteiger partial charge >= 0.3 is 0 Å². The summed E-state index contributed by atoms with van der Waals surface area (Å²) in [5.74, 6) is 1.71. The molecule has 3 rings (SSSR count). The van der Waals surface area contributed by atoms with Gasteiger partial charge in [-0.3, -0.25) is 4.90 Å². The molecule has 1 fully saturated rings. The van der Waals surface area contributed by atoms with E-state index < -0.39 is 0 Å². The van der Waals surface area contributed by atoms with Gasteiger partial charge in [-0.15, -0.1) is 5.10 Å². The van der Waals surface area contributed by atoms with Crippen LogP contribution >= 0.6 is 0 Å². The molecule has 0 spiro atoms. The van der Waals surface area contributed by atoms with Crippen molar-refractivity contribution in [3.8, 4) is 0 Å². The van der Waals surface area contributed by atoms with Crippen molar-refractivity contribution in [3.05, 3.63) is 35.9 Å². The number of hydrogen-bond acceptors (Lipinski definition) is 7. The van der Waals surface area contributed by atoms with Crippen LogP contribution in [0.25, 0.3) is 0 Å². The van der Waals surface area contributed by atoms with Gasteiger partial charge in [0.2, 0.25) is 0 Å². The average Bonchev–Trinajstić information content (AvgIpc) is 2.93. The highest BCUT2D eigenvalue weighted by atomic mass is 16.5. The van der Waals surface area contributed by atoms with E-state index in [0.717, 1.165) is 50.1 Å². The van der Waals surface area contributed by atoms with Crippen LogP contribution in [-0.2, 0) is 11.3 Å². The van der Waals surface area contributed by atoms with Gasteiger partial charge in [0.25, 0.3) is 0 Å². The normalized spacial score (nSPS) is 19.3. The van der Waals surface area contributed by atoms with Crippen LogP contribution in [0.1, 0.15) is 11.5 Å². The predicted molar refractivity (Wildman–Crippen MR) is 81.6 cm³/mol. The highest BCUT2D eigenvalue weighted by Crippen LogP contribution is 2.13. The van der Waals surface area contributed by atoms with E-state index in [0.29, 0.717) is 0 Å². The second-order valence-electron chi connectivity index (χ2n) is 5.62. The molecule has 0 aromatic carbocycles. The van der Waals surface area contributed by atoms with Gasteiger partial charge in [-0.2, -0.15) is 5.10 Å². The van der Waals surface area contributed by atoms with Gasteiger partial charge in [-0.25, -0.2) is 0 Å². The van der Waals surface area contributed by atoms with Crippen LogP contribution in [0.3, 0.4) is 0 Å². The zero-order valence-electron chi connectivity index (χ0n) is 13.0. The molecule has 2 aromatic rings. The van der Waals surface area contributed by atoms with Crippen LogP contribution in [0, 0.1) is 6.92 Å². The molecule has 1 unspecified atom stereocenters. The number of rotatable bonds is 5. The fourth-order valence-electron chi connectivity index (χ4n) is 2.65. The Morgan fingerprint density at radius 3 is 3.09 bits per heavy atom. The molecule has 0 saturated carbocycles. The summed E-state index contributed by atoms with van der Waals surface area (Å²) < 4.78 is 11.0. The largest absolute Gasteiger partial charge is 0.374 e. The topological polar surface area (TPSA) is 67.5 Å². The highest BCUT2D eigenvalue weighted by Gasteiger charge is 2.23. The minimum atomic E-state index is 0.147. The van der Waals surface area contributed by atoms with Gasteiger partial charge in [0.05, 0.1) is 18.4 Å². The molecule has 7 nitrogen and oxygen atoms in total. The molecule has 0 N–H and O–H groups in total. The van der Waals surface area contributed by atoms with Crippen molar-refractivity contribution in [1.29, 1.82) is 0 Å². The summed E-state index contributed by atoms with van der Waals surface area (Å²) in [5.41, 5.74) is 0.973. The molecule has 7 heteroatoms. The van der Waals surface area contributed by atoms with Crippen molar-refractivity contribution in [2.45, 2.75) is 19.6 Å². The van der Waals surface area contributed by atoms with Crippen LogP contribution < -0.4 is 4.90 Å². The quantitative estimate of drug-likeness (QED) is 0.819. The fraction of sp³-hybridized carbons (Fsp3) is 0.533. The third-order valence-electron chi connectivity index (χ3n) is 3.71. The summed E-state index contributed by atoms with van der Waals surface area (Å²) in [6.07, 6.45) is 1.82. The summed E-state index contributed by atoms with van der Waals surface area (Å²) in [6, 6.07) is 5.82. The van der Waals surface area contributed by atoms with Crippen LogP contribution in [0.15, 0.2) is 28.9 Å². The Kier molecular flexibility index (Phi) is 4.65. The zero-order valence-corrected chi connectivity index (χ0v) is 13.0. The van der Waals surface area contributed by atoms with E-state index in [9.17, 15) is 0 Å². The fourth-order valence-corrected chi connectivity index (χ4v) is 2.65. The molecule has 3 heterocycles. The number of nitrogens with zero attached hydrogens (tertiary/aromatic N) is 5. The minimum absolute atomic E-state index is 0.147. The Morgan fingerprint density at radius 2 is 2.36 bits per heavy atom. The molecule has 118 valence electrons. The molecule has 2 aromatic heterocycles. The lowest BCUT2D eigenvalue weighted by molar-refractivity contribution is -0.0270. The summed E-state index contributed by atoms with van der Waals surface area (Å²) in [4.78, 5) is 4.41. The second-order valence-corrected chi connectivity index (χ2v) is 5.62. The van der Waals surface area contributed by atoms with E-state index in [1.54, 1.807) is 6.20 Å².